The zero-order valence-electron chi connectivity index (χ0n) is 9.56. The Balaban J connectivity index is 2.13. The van der Waals surface area contributed by atoms with E-state index in [1.54, 1.807) is 0 Å². The number of hydrogen-bond acceptors (Lipinski definition) is 5. The summed E-state index contributed by atoms with van der Waals surface area (Å²) in [6.45, 7) is 3.13. The first-order chi connectivity index (χ1) is 8.78. The fraction of sp³-hybridized carbons (Fsp3) is 0.333. The van der Waals surface area contributed by atoms with Gasteiger partial charge in [-0.25, -0.2) is 4.98 Å². The monoisotopic (exact) mass is 326 g/mol. The SMILES string of the molecule is O=Cc1cc2cc(Br)nc(N3CCOCC3)c2s1. The summed E-state index contributed by atoms with van der Waals surface area (Å²) in [6.07, 6.45) is 0.891. The Kier molecular flexibility index (Phi) is 3.32. The molecule has 4 nitrogen and oxygen atoms in total. The van der Waals surface area contributed by atoms with E-state index in [9.17, 15) is 4.79 Å². The van der Waals surface area contributed by atoms with Crippen LogP contribution in [-0.2, 0) is 4.74 Å². The van der Waals surface area contributed by atoms with E-state index in [0.29, 0.717) is 0 Å². The molecule has 0 unspecified atom stereocenters. The first-order valence-corrected chi connectivity index (χ1v) is 7.27. The molecular formula is C12H11BrN2O2S. The van der Waals surface area contributed by atoms with Crippen molar-refractivity contribution >= 4 is 49.5 Å². The number of pyridine rings is 1. The summed E-state index contributed by atoms with van der Waals surface area (Å²) in [5.41, 5.74) is 0. The minimum atomic E-state index is 0.724. The maximum atomic E-state index is 10.9. The third kappa shape index (κ3) is 2.15. The average molecular weight is 327 g/mol. The molecule has 1 saturated heterocycles. The minimum absolute atomic E-state index is 0.724. The van der Waals surface area contributed by atoms with Gasteiger partial charge in [-0.05, 0) is 33.4 Å². The highest BCUT2D eigenvalue weighted by molar-refractivity contribution is 9.10. The van der Waals surface area contributed by atoms with E-state index >= 15 is 0 Å². The maximum absolute atomic E-state index is 10.9. The van der Waals surface area contributed by atoms with Crippen LogP contribution in [0.3, 0.4) is 0 Å². The summed E-state index contributed by atoms with van der Waals surface area (Å²) in [6, 6.07) is 3.85. The number of anilines is 1. The number of aromatic nitrogens is 1. The lowest BCUT2D eigenvalue weighted by Crippen LogP contribution is -2.36. The van der Waals surface area contributed by atoms with E-state index in [-0.39, 0.29) is 0 Å². The average Bonchev–Trinajstić information content (AvgIpc) is 2.81. The van der Waals surface area contributed by atoms with Crippen LogP contribution in [0.1, 0.15) is 9.67 Å². The topological polar surface area (TPSA) is 42.4 Å². The summed E-state index contributed by atoms with van der Waals surface area (Å²) >= 11 is 4.92. The van der Waals surface area contributed by atoms with Crippen LogP contribution >= 0.6 is 27.3 Å². The zero-order chi connectivity index (χ0) is 12.5. The molecule has 6 heteroatoms. The van der Waals surface area contributed by atoms with Gasteiger partial charge in [-0.3, -0.25) is 4.79 Å². The second-order valence-electron chi connectivity index (χ2n) is 4.05. The minimum Gasteiger partial charge on any atom is -0.378 e. The van der Waals surface area contributed by atoms with Gasteiger partial charge in [0.1, 0.15) is 10.4 Å². The molecule has 0 bridgehead atoms. The third-order valence-electron chi connectivity index (χ3n) is 2.90. The lowest BCUT2D eigenvalue weighted by molar-refractivity contribution is 0.112. The predicted octanol–water partition coefficient (Wildman–Crippen LogP) is 2.71. The molecule has 18 heavy (non-hydrogen) atoms. The highest BCUT2D eigenvalue weighted by atomic mass is 79.9. The van der Waals surface area contributed by atoms with Crippen molar-refractivity contribution in [1.29, 1.82) is 0 Å². The first-order valence-electron chi connectivity index (χ1n) is 5.66. The molecule has 94 valence electrons. The number of hydrogen-bond donors (Lipinski definition) is 0. The molecule has 3 rings (SSSR count). The molecule has 0 aromatic carbocycles. The molecule has 0 saturated carbocycles. The standard InChI is InChI=1S/C12H11BrN2O2S/c13-10-6-8-5-9(7-16)18-11(8)12(14-10)15-1-3-17-4-2-15/h5-7H,1-4H2. The van der Waals surface area contributed by atoms with Gasteiger partial charge in [-0.1, -0.05) is 0 Å². The number of ether oxygens (including phenoxy) is 1. The fourth-order valence-electron chi connectivity index (χ4n) is 2.07. The molecule has 0 atom stereocenters. The Labute approximate surface area is 117 Å². The summed E-state index contributed by atoms with van der Waals surface area (Å²) in [4.78, 5) is 18.4. The Bertz CT molecular complexity index is 593. The first kappa shape index (κ1) is 12.1. The summed E-state index contributed by atoms with van der Waals surface area (Å²) in [5, 5.41) is 1.06. The lowest BCUT2D eigenvalue weighted by atomic mass is 10.3. The van der Waals surface area contributed by atoms with Crippen LogP contribution in [0.2, 0.25) is 0 Å². The van der Waals surface area contributed by atoms with Crippen molar-refractivity contribution in [3.63, 3.8) is 0 Å². The van der Waals surface area contributed by atoms with Crippen molar-refractivity contribution in [2.24, 2.45) is 0 Å². The van der Waals surface area contributed by atoms with Gasteiger partial charge in [0.25, 0.3) is 0 Å². The fourth-order valence-corrected chi connectivity index (χ4v) is 3.45. The molecule has 0 radical (unpaired) electrons. The number of morpholine rings is 1. The van der Waals surface area contributed by atoms with Crippen LogP contribution in [0, 0.1) is 0 Å². The van der Waals surface area contributed by atoms with Gasteiger partial charge in [-0.15, -0.1) is 11.3 Å². The van der Waals surface area contributed by atoms with Crippen molar-refractivity contribution in [1.82, 2.24) is 4.98 Å². The van der Waals surface area contributed by atoms with Crippen LogP contribution in [0.4, 0.5) is 5.82 Å². The number of fused-ring (bicyclic) bond motifs is 1. The van der Waals surface area contributed by atoms with E-state index in [0.717, 1.165) is 58.0 Å². The second kappa shape index (κ2) is 4.95. The van der Waals surface area contributed by atoms with Crippen molar-refractivity contribution < 1.29 is 9.53 Å². The Morgan fingerprint density at radius 2 is 2.17 bits per heavy atom. The van der Waals surface area contributed by atoms with Gasteiger partial charge in [0.2, 0.25) is 0 Å². The Hall–Kier alpha value is -0.980. The molecule has 2 aromatic rings. The second-order valence-corrected chi connectivity index (χ2v) is 5.95. The van der Waals surface area contributed by atoms with Gasteiger partial charge in [0.05, 0.1) is 22.8 Å². The third-order valence-corrected chi connectivity index (χ3v) is 4.38. The molecule has 0 spiro atoms. The summed E-state index contributed by atoms with van der Waals surface area (Å²) < 4.78 is 7.23. The van der Waals surface area contributed by atoms with Gasteiger partial charge in [-0.2, -0.15) is 0 Å². The zero-order valence-corrected chi connectivity index (χ0v) is 12.0. The Morgan fingerprint density at radius 1 is 1.39 bits per heavy atom. The quantitative estimate of drug-likeness (QED) is 0.628. The molecular weight excluding hydrogens is 316 g/mol. The van der Waals surface area contributed by atoms with Crippen molar-refractivity contribution in [3.05, 3.63) is 21.6 Å². The molecule has 1 aliphatic heterocycles. The van der Waals surface area contributed by atoms with Crippen LogP contribution in [0.25, 0.3) is 10.1 Å². The largest absolute Gasteiger partial charge is 0.378 e. The van der Waals surface area contributed by atoms with E-state index in [4.69, 9.17) is 4.74 Å². The van der Waals surface area contributed by atoms with Crippen LogP contribution in [0.15, 0.2) is 16.7 Å². The smallest absolute Gasteiger partial charge is 0.160 e. The van der Waals surface area contributed by atoms with Crippen LogP contribution in [-0.4, -0.2) is 37.6 Å². The molecule has 3 heterocycles. The number of rotatable bonds is 2. The highest BCUT2D eigenvalue weighted by Gasteiger charge is 2.17. The summed E-state index contributed by atoms with van der Waals surface area (Å²) in [5.74, 6) is 0.945. The van der Waals surface area contributed by atoms with E-state index in [1.807, 2.05) is 12.1 Å². The van der Waals surface area contributed by atoms with Crippen molar-refractivity contribution in [2.45, 2.75) is 0 Å². The van der Waals surface area contributed by atoms with Gasteiger partial charge in [0, 0.05) is 13.1 Å². The number of thiophene rings is 1. The number of aldehydes is 1. The summed E-state index contributed by atoms with van der Waals surface area (Å²) in [7, 11) is 0. The molecule has 0 amide bonds. The van der Waals surface area contributed by atoms with Crippen LogP contribution < -0.4 is 4.90 Å². The van der Waals surface area contributed by atoms with Crippen LogP contribution in [0.5, 0.6) is 0 Å². The van der Waals surface area contributed by atoms with Gasteiger partial charge < -0.3 is 9.64 Å². The number of nitrogens with zero attached hydrogens (tertiary/aromatic N) is 2. The maximum Gasteiger partial charge on any atom is 0.160 e. The van der Waals surface area contributed by atoms with E-state index in [2.05, 4.69) is 25.8 Å². The molecule has 1 aliphatic rings. The normalized spacial score (nSPS) is 16.2. The highest BCUT2D eigenvalue weighted by Crippen LogP contribution is 2.34. The number of carbonyl (C=O) groups is 1. The molecule has 0 aliphatic carbocycles. The van der Waals surface area contributed by atoms with Gasteiger partial charge >= 0.3 is 0 Å². The number of carbonyl (C=O) groups excluding carboxylic acids is 1. The van der Waals surface area contributed by atoms with Crippen molar-refractivity contribution in [3.8, 4) is 0 Å². The molecule has 2 aromatic heterocycles. The van der Waals surface area contributed by atoms with E-state index < -0.39 is 0 Å². The van der Waals surface area contributed by atoms with Crippen molar-refractivity contribution in [2.75, 3.05) is 31.2 Å². The predicted molar refractivity (Wildman–Crippen MR) is 75.7 cm³/mol. The van der Waals surface area contributed by atoms with Gasteiger partial charge in [0.15, 0.2) is 6.29 Å². The molecule has 1 fully saturated rings. The lowest BCUT2D eigenvalue weighted by Gasteiger charge is -2.28. The molecule has 0 N–H and O–H groups in total. The van der Waals surface area contributed by atoms with E-state index in [1.165, 1.54) is 11.3 Å². The number of halogens is 1. The Morgan fingerprint density at radius 3 is 2.89 bits per heavy atom.